The molecular weight excluding hydrogens is 430 g/mol. The molecule has 0 bridgehead atoms. The first-order valence-electron chi connectivity index (χ1n) is 12.2. The summed E-state index contributed by atoms with van der Waals surface area (Å²) in [5.74, 6) is -0.695. The van der Waals surface area contributed by atoms with Gasteiger partial charge in [0.25, 0.3) is 0 Å². The van der Waals surface area contributed by atoms with Gasteiger partial charge in [-0.1, -0.05) is 43.2 Å². The summed E-state index contributed by atoms with van der Waals surface area (Å²) in [6.07, 6.45) is 6.10. The molecule has 1 saturated carbocycles. The number of carbonyl (C=O) groups excluding carboxylic acids is 1. The van der Waals surface area contributed by atoms with Gasteiger partial charge in [-0.3, -0.25) is 9.69 Å². The van der Waals surface area contributed by atoms with Crippen molar-refractivity contribution in [2.45, 2.75) is 69.9 Å². The monoisotopic (exact) mass is 461 g/mol. The predicted molar refractivity (Wildman–Crippen MR) is 130 cm³/mol. The number of anilines is 1. The van der Waals surface area contributed by atoms with E-state index in [9.17, 15) is 14.7 Å². The van der Waals surface area contributed by atoms with Gasteiger partial charge in [-0.25, -0.2) is 9.78 Å². The van der Waals surface area contributed by atoms with Crippen LogP contribution in [0.3, 0.4) is 0 Å². The molecule has 0 saturated heterocycles. The largest absolute Gasteiger partial charge is 0.481 e. The number of rotatable bonds is 5. The summed E-state index contributed by atoms with van der Waals surface area (Å²) in [5, 5.41) is 10.1. The predicted octanol–water partition coefficient (Wildman–Crippen LogP) is 5.47. The molecule has 3 aromatic rings. The zero-order valence-electron chi connectivity index (χ0n) is 19.7. The van der Waals surface area contributed by atoms with Crippen LogP contribution in [0.15, 0.2) is 42.5 Å². The maximum atomic E-state index is 12.5. The Bertz CT molecular complexity index is 1210. The Labute approximate surface area is 199 Å². The quantitative estimate of drug-likeness (QED) is 0.545. The summed E-state index contributed by atoms with van der Waals surface area (Å²) in [7, 11) is 1.41. The van der Waals surface area contributed by atoms with Crippen molar-refractivity contribution in [3.05, 3.63) is 59.4 Å². The van der Waals surface area contributed by atoms with Crippen LogP contribution in [-0.2, 0) is 22.4 Å². The normalized spacial score (nSPS) is 19.2. The number of aliphatic carboxylic acids is 1. The number of nitrogens with zero attached hydrogens (tertiary/aromatic N) is 3. The van der Waals surface area contributed by atoms with E-state index < -0.39 is 11.9 Å². The van der Waals surface area contributed by atoms with Crippen molar-refractivity contribution in [3.8, 4) is 0 Å². The minimum absolute atomic E-state index is 0.0447. The molecule has 2 aliphatic rings. The molecule has 1 fully saturated rings. The van der Waals surface area contributed by atoms with Gasteiger partial charge in [0.1, 0.15) is 5.82 Å². The van der Waals surface area contributed by atoms with Gasteiger partial charge in [-0.05, 0) is 50.3 Å². The first-order chi connectivity index (χ1) is 16.5. The van der Waals surface area contributed by atoms with Crippen LogP contribution in [0.25, 0.3) is 11.0 Å². The van der Waals surface area contributed by atoms with Crippen LogP contribution >= 0.6 is 0 Å². The lowest BCUT2D eigenvalue weighted by Gasteiger charge is -2.34. The molecule has 0 radical (unpaired) electrons. The zero-order chi connectivity index (χ0) is 23.8. The summed E-state index contributed by atoms with van der Waals surface area (Å²) < 4.78 is 7.36. The van der Waals surface area contributed by atoms with Crippen molar-refractivity contribution in [1.82, 2.24) is 9.55 Å². The third-order valence-electron chi connectivity index (χ3n) is 7.48. The zero-order valence-corrected chi connectivity index (χ0v) is 19.7. The molecule has 1 aliphatic heterocycles. The average molecular weight is 462 g/mol. The van der Waals surface area contributed by atoms with Gasteiger partial charge in [-0.2, -0.15) is 0 Å². The topological polar surface area (TPSA) is 84.7 Å². The Morgan fingerprint density at radius 3 is 2.53 bits per heavy atom. The standard InChI is InChI=1S/C27H31N3O4/c1-17-12-13-20-22(29(17)27(33)34-2)14-15-23-25(20)28-24(30(23)19-10-6-7-11-19)16-21(26(31)32)18-8-4-3-5-9-18/h3-5,8-9,14-15,17,19,21H,6-7,10-13,16H2,1-2H3,(H,31,32). The highest BCUT2D eigenvalue weighted by Gasteiger charge is 2.33. The Morgan fingerprint density at radius 2 is 1.85 bits per heavy atom. The van der Waals surface area contributed by atoms with Crippen LogP contribution in [0.1, 0.15) is 67.9 Å². The van der Waals surface area contributed by atoms with Crippen LogP contribution in [-0.4, -0.2) is 39.9 Å². The Balaban J connectivity index is 1.65. The van der Waals surface area contributed by atoms with Crippen LogP contribution in [0.5, 0.6) is 0 Å². The number of ether oxygens (including phenoxy) is 1. The van der Waals surface area contributed by atoms with Crippen LogP contribution in [0.2, 0.25) is 0 Å². The number of fused-ring (bicyclic) bond motifs is 3. The van der Waals surface area contributed by atoms with Crippen molar-refractivity contribution in [1.29, 1.82) is 0 Å². The van der Waals surface area contributed by atoms with Gasteiger partial charge in [-0.15, -0.1) is 0 Å². The van der Waals surface area contributed by atoms with Crippen molar-refractivity contribution in [2.24, 2.45) is 0 Å². The van der Waals surface area contributed by atoms with Crippen molar-refractivity contribution in [2.75, 3.05) is 12.0 Å². The Hall–Kier alpha value is -3.35. The first-order valence-corrected chi connectivity index (χ1v) is 12.2. The van der Waals surface area contributed by atoms with E-state index in [0.717, 1.165) is 59.4 Å². The number of carboxylic acids is 1. The van der Waals surface area contributed by atoms with E-state index in [2.05, 4.69) is 10.6 Å². The number of imidazole rings is 1. The number of carbonyl (C=O) groups is 2. The van der Waals surface area contributed by atoms with E-state index in [1.165, 1.54) is 20.0 Å². The fourth-order valence-corrected chi connectivity index (χ4v) is 5.75. The molecular formula is C27H31N3O4. The average Bonchev–Trinajstić information content (AvgIpc) is 3.49. The van der Waals surface area contributed by atoms with Crippen molar-refractivity contribution >= 4 is 28.8 Å². The first kappa shape index (κ1) is 22.4. The molecule has 2 atom stereocenters. The van der Waals surface area contributed by atoms with E-state index in [0.29, 0.717) is 12.5 Å². The van der Waals surface area contributed by atoms with Crippen LogP contribution < -0.4 is 4.90 Å². The minimum atomic E-state index is -0.844. The molecule has 2 aromatic carbocycles. The van der Waals surface area contributed by atoms with Crippen LogP contribution in [0.4, 0.5) is 10.5 Å². The van der Waals surface area contributed by atoms with Gasteiger partial charge in [0.05, 0.1) is 29.7 Å². The highest BCUT2D eigenvalue weighted by atomic mass is 16.5. The molecule has 5 rings (SSSR count). The fraction of sp³-hybridized carbons (Fsp3) is 0.444. The third-order valence-corrected chi connectivity index (χ3v) is 7.48. The lowest BCUT2D eigenvalue weighted by Crippen LogP contribution is -2.42. The summed E-state index contributed by atoms with van der Waals surface area (Å²) in [6.45, 7) is 2.03. The van der Waals surface area contributed by atoms with Gasteiger partial charge >= 0.3 is 12.1 Å². The second-order valence-electron chi connectivity index (χ2n) is 9.50. The number of aryl methyl sites for hydroxylation is 1. The molecule has 1 aromatic heterocycles. The molecule has 34 heavy (non-hydrogen) atoms. The summed E-state index contributed by atoms with van der Waals surface area (Å²) in [4.78, 5) is 31.6. The molecule has 0 spiro atoms. The lowest BCUT2D eigenvalue weighted by molar-refractivity contribution is -0.138. The SMILES string of the molecule is COC(=O)N1c2ccc3c(nc(CC(C(=O)O)c4ccccc4)n3C3CCCC3)c2CCC1C. The molecule has 178 valence electrons. The number of amides is 1. The van der Waals surface area contributed by atoms with E-state index in [1.807, 2.05) is 43.3 Å². The van der Waals surface area contributed by atoms with E-state index in [4.69, 9.17) is 9.72 Å². The number of benzene rings is 2. The smallest absolute Gasteiger partial charge is 0.414 e. The fourth-order valence-electron chi connectivity index (χ4n) is 5.75. The molecule has 7 nitrogen and oxygen atoms in total. The van der Waals surface area contributed by atoms with Crippen molar-refractivity contribution in [3.63, 3.8) is 0 Å². The summed E-state index contributed by atoms with van der Waals surface area (Å²) in [6, 6.07) is 13.8. The maximum absolute atomic E-state index is 12.5. The van der Waals surface area contributed by atoms with Gasteiger partial charge < -0.3 is 14.4 Å². The minimum Gasteiger partial charge on any atom is -0.481 e. The molecule has 2 unspecified atom stereocenters. The molecule has 2 heterocycles. The molecule has 1 aliphatic carbocycles. The number of aromatic nitrogens is 2. The van der Waals surface area contributed by atoms with Crippen molar-refractivity contribution < 1.29 is 19.4 Å². The number of hydrogen-bond donors (Lipinski definition) is 1. The second kappa shape index (κ2) is 9.12. The van der Waals surface area contributed by atoms with E-state index >= 15 is 0 Å². The Morgan fingerprint density at radius 1 is 1.12 bits per heavy atom. The summed E-state index contributed by atoms with van der Waals surface area (Å²) >= 11 is 0. The second-order valence-corrected chi connectivity index (χ2v) is 9.50. The number of hydrogen-bond acceptors (Lipinski definition) is 4. The summed E-state index contributed by atoms with van der Waals surface area (Å²) in [5.41, 5.74) is 4.60. The van der Waals surface area contributed by atoms with E-state index in [1.54, 1.807) is 4.90 Å². The third kappa shape index (κ3) is 3.83. The highest BCUT2D eigenvalue weighted by molar-refractivity contribution is 5.95. The highest BCUT2D eigenvalue weighted by Crippen LogP contribution is 2.40. The van der Waals surface area contributed by atoms with Gasteiger partial charge in [0, 0.05) is 24.1 Å². The lowest BCUT2D eigenvalue weighted by atomic mass is 9.95. The Kier molecular flexibility index (Phi) is 6.02. The molecule has 1 amide bonds. The molecule has 1 N–H and O–H groups in total. The van der Waals surface area contributed by atoms with E-state index in [-0.39, 0.29) is 12.1 Å². The number of methoxy groups -OCH3 is 1. The maximum Gasteiger partial charge on any atom is 0.414 e. The molecule has 7 heteroatoms. The number of carboxylic acid groups (broad SMARTS) is 1. The van der Waals surface area contributed by atoms with Crippen LogP contribution in [0, 0.1) is 0 Å². The van der Waals surface area contributed by atoms with Gasteiger partial charge in [0.15, 0.2) is 0 Å². The van der Waals surface area contributed by atoms with Gasteiger partial charge in [0.2, 0.25) is 0 Å².